The molecule has 4 aromatic rings. The Kier molecular flexibility index (Phi) is 4.01. The lowest BCUT2D eigenvalue weighted by molar-refractivity contribution is 0.102. The number of rotatable bonds is 2. The Morgan fingerprint density at radius 2 is 1.71 bits per heavy atom. The number of carbonyl (C=O) groups excluding carboxylic acids is 1. The second-order valence-corrected chi connectivity index (χ2v) is 6.56. The molecule has 28 heavy (non-hydrogen) atoms. The first-order valence-electron chi connectivity index (χ1n) is 9.13. The summed E-state index contributed by atoms with van der Waals surface area (Å²) in [5, 5.41) is 5.51. The third-order valence-electron chi connectivity index (χ3n) is 4.73. The van der Waals surface area contributed by atoms with E-state index in [4.69, 9.17) is 9.47 Å². The molecule has 5 rings (SSSR count). The molecular formula is C22H17N3O3. The fourth-order valence-electron chi connectivity index (χ4n) is 3.40. The van der Waals surface area contributed by atoms with Gasteiger partial charge in [0.25, 0.3) is 5.91 Å². The first-order valence-corrected chi connectivity index (χ1v) is 9.13. The van der Waals surface area contributed by atoms with Crippen LogP contribution >= 0.6 is 0 Å². The van der Waals surface area contributed by atoms with E-state index in [-0.39, 0.29) is 5.91 Å². The Morgan fingerprint density at radius 3 is 2.61 bits per heavy atom. The van der Waals surface area contributed by atoms with E-state index in [9.17, 15) is 4.79 Å². The van der Waals surface area contributed by atoms with Crippen molar-refractivity contribution in [3.05, 3.63) is 66.6 Å². The topological polar surface area (TPSA) is 73.3 Å². The van der Waals surface area contributed by atoms with Gasteiger partial charge in [-0.2, -0.15) is 0 Å². The zero-order valence-corrected chi connectivity index (χ0v) is 15.0. The van der Waals surface area contributed by atoms with Crippen molar-refractivity contribution in [1.29, 1.82) is 0 Å². The van der Waals surface area contributed by atoms with Gasteiger partial charge in [-0.25, -0.2) is 0 Å². The van der Waals surface area contributed by atoms with Gasteiger partial charge in [0.15, 0.2) is 11.5 Å². The smallest absolute Gasteiger partial charge is 0.274 e. The zero-order valence-electron chi connectivity index (χ0n) is 15.0. The summed E-state index contributed by atoms with van der Waals surface area (Å²) in [5.74, 6) is 1.04. The third kappa shape index (κ3) is 2.89. The van der Waals surface area contributed by atoms with Gasteiger partial charge in [0.1, 0.15) is 5.69 Å². The number of benzene rings is 2. The van der Waals surface area contributed by atoms with Crippen LogP contribution in [-0.4, -0.2) is 29.1 Å². The molecule has 0 unspecified atom stereocenters. The quantitative estimate of drug-likeness (QED) is 0.572. The summed E-state index contributed by atoms with van der Waals surface area (Å²) >= 11 is 0. The van der Waals surface area contributed by atoms with Crippen molar-refractivity contribution in [1.82, 2.24) is 9.97 Å². The molecule has 0 fully saturated rings. The van der Waals surface area contributed by atoms with Crippen LogP contribution in [0, 0.1) is 0 Å². The van der Waals surface area contributed by atoms with Gasteiger partial charge in [-0.3, -0.25) is 14.8 Å². The molecule has 0 saturated carbocycles. The number of fused-ring (bicyclic) bond motifs is 3. The fraction of sp³-hybridized carbons (Fsp3) is 0.136. The van der Waals surface area contributed by atoms with Crippen LogP contribution in [0.5, 0.6) is 11.5 Å². The largest absolute Gasteiger partial charge is 0.490 e. The number of para-hydroxylation sites is 1. The molecule has 1 aliphatic heterocycles. The number of ether oxygens (including phenoxy) is 2. The summed E-state index contributed by atoms with van der Waals surface area (Å²) in [6, 6.07) is 15.1. The summed E-state index contributed by atoms with van der Waals surface area (Å²) in [6.07, 6.45) is 4.16. The fourth-order valence-corrected chi connectivity index (χ4v) is 3.40. The van der Waals surface area contributed by atoms with Gasteiger partial charge < -0.3 is 14.8 Å². The molecule has 0 radical (unpaired) electrons. The standard InChI is InChI=1S/C22H17N3O3/c26-22(25-17-6-1-4-14-5-2-8-23-20(14)17)21-16-13-19-18(27-10-3-11-28-19)12-15(16)7-9-24-21/h1-2,4-9,12-13H,3,10-11H2,(H,25,26). The Bertz CT molecular complexity index is 1200. The molecule has 0 spiro atoms. The molecule has 1 aliphatic rings. The van der Waals surface area contributed by atoms with Crippen molar-refractivity contribution in [3.63, 3.8) is 0 Å². The summed E-state index contributed by atoms with van der Waals surface area (Å²) in [7, 11) is 0. The van der Waals surface area contributed by atoms with Crippen LogP contribution in [0.3, 0.4) is 0 Å². The predicted molar refractivity (Wildman–Crippen MR) is 107 cm³/mol. The van der Waals surface area contributed by atoms with Crippen LogP contribution in [0.4, 0.5) is 5.69 Å². The third-order valence-corrected chi connectivity index (χ3v) is 4.73. The normalized spacial score (nSPS) is 13.3. The second-order valence-electron chi connectivity index (χ2n) is 6.56. The summed E-state index contributed by atoms with van der Waals surface area (Å²) in [4.78, 5) is 21.7. The highest BCUT2D eigenvalue weighted by atomic mass is 16.5. The van der Waals surface area contributed by atoms with E-state index in [1.165, 1.54) is 0 Å². The zero-order chi connectivity index (χ0) is 18.9. The maximum absolute atomic E-state index is 13.0. The Hall–Kier alpha value is -3.67. The summed E-state index contributed by atoms with van der Waals surface area (Å²) < 4.78 is 11.5. The maximum Gasteiger partial charge on any atom is 0.274 e. The molecule has 0 aliphatic carbocycles. The molecule has 6 nitrogen and oxygen atoms in total. The molecule has 2 aromatic carbocycles. The van der Waals surface area contributed by atoms with E-state index in [1.807, 2.05) is 48.5 Å². The molecule has 0 saturated heterocycles. The van der Waals surface area contributed by atoms with Crippen LogP contribution in [0.2, 0.25) is 0 Å². The molecule has 1 amide bonds. The Morgan fingerprint density at radius 1 is 0.893 bits per heavy atom. The van der Waals surface area contributed by atoms with Crippen molar-refractivity contribution in [3.8, 4) is 11.5 Å². The number of nitrogens with zero attached hydrogens (tertiary/aromatic N) is 2. The predicted octanol–water partition coefficient (Wildman–Crippen LogP) is 4.20. The maximum atomic E-state index is 13.0. The van der Waals surface area contributed by atoms with Gasteiger partial charge in [0.05, 0.1) is 24.4 Å². The van der Waals surface area contributed by atoms with Gasteiger partial charge in [-0.15, -0.1) is 0 Å². The monoisotopic (exact) mass is 371 g/mol. The minimum Gasteiger partial charge on any atom is -0.490 e. The Balaban J connectivity index is 1.56. The van der Waals surface area contributed by atoms with Gasteiger partial charge >= 0.3 is 0 Å². The first-order chi connectivity index (χ1) is 13.8. The summed E-state index contributed by atoms with van der Waals surface area (Å²) in [5.41, 5.74) is 1.72. The molecule has 6 heteroatoms. The summed E-state index contributed by atoms with van der Waals surface area (Å²) in [6.45, 7) is 1.20. The highest BCUT2D eigenvalue weighted by Gasteiger charge is 2.18. The van der Waals surface area contributed by atoms with Crippen molar-refractivity contribution < 1.29 is 14.3 Å². The molecule has 0 bridgehead atoms. The minimum absolute atomic E-state index is 0.293. The SMILES string of the molecule is O=C(Nc1cccc2cccnc12)c1nccc2cc3c(cc12)OCCCO3. The number of amides is 1. The average Bonchev–Trinajstić information content (AvgIpc) is 2.97. The molecule has 1 N–H and O–H groups in total. The molecule has 3 heterocycles. The van der Waals surface area contributed by atoms with E-state index in [0.29, 0.717) is 36.1 Å². The van der Waals surface area contributed by atoms with E-state index >= 15 is 0 Å². The lowest BCUT2D eigenvalue weighted by atomic mass is 10.1. The number of hydrogen-bond acceptors (Lipinski definition) is 5. The lowest BCUT2D eigenvalue weighted by Crippen LogP contribution is -2.14. The van der Waals surface area contributed by atoms with Gasteiger partial charge in [0.2, 0.25) is 0 Å². The van der Waals surface area contributed by atoms with E-state index < -0.39 is 0 Å². The number of nitrogens with one attached hydrogen (secondary N) is 1. The average molecular weight is 371 g/mol. The van der Waals surface area contributed by atoms with Crippen molar-refractivity contribution in [2.75, 3.05) is 18.5 Å². The number of carbonyl (C=O) groups is 1. The Labute approximate surface area is 161 Å². The number of anilines is 1. The van der Waals surface area contributed by atoms with Crippen molar-refractivity contribution in [2.24, 2.45) is 0 Å². The van der Waals surface area contributed by atoms with Gasteiger partial charge in [-0.1, -0.05) is 18.2 Å². The minimum atomic E-state index is -0.293. The highest BCUT2D eigenvalue weighted by Crippen LogP contribution is 2.35. The molecule has 138 valence electrons. The van der Waals surface area contributed by atoms with Crippen molar-refractivity contribution in [2.45, 2.75) is 6.42 Å². The molecule has 0 atom stereocenters. The number of aromatic nitrogens is 2. The van der Waals surface area contributed by atoms with E-state index in [2.05, 4.69) is 15.3 Å². The lowest BCUT2D eigenvalue weighted by Gasteiger charge is -2.12. The number of hydrogen-bond donors (Lipinski definition) is 1. The number of pyridine rings is 2. The molecular weight excluding hydrogens is 354 g/mol. The van der Waals surface area contributed by atoms with Gasteiger partial charge in [-0.05, 0) is 35.7 Å². The highest BCUT2D eigenvalue weighted by molar-refractivity contribution is 6.13. The first kappa shape index (κ1) is 16.5. The second kappa shape index (κ2) is 6.81. The van der Waals surface area contributed by atoms with E-state index in [1.54, 1.807) is 12.4 Å². The van der Waals surface area contributed by atoms with Crippen LogP contribution < -0.4 is 14.8 Å². The van der Waals surface area contributed by atoms with Crippen LogP contribution in [0.15, 0.2) is 60.9 Å². The van der Waals surface area contributed by atoms with Crippen LogP contribution in [-0.2, 0) is 0 Å². The van der Waals surface area contributed by atoms with Gasteiger partial charge in [0, 0.05) is 29.6 Å². The van der Waals surface area contributed by atoms with E-state index in [0.717, 1.165) is 28.1 Å². The van der Waals surface area contributed by atoms with Crippen LogP contribution in [0.25, 0.3) is 21.7 Å². The van der Waals surface area contributed by atoms with Crippen molar-refractivity contribution >= 4 is 33.3 Å². The molecule has 2 aromatic heterocycles. The van der Waals surface area contributed by atoms with Crippen LogP contribution in [0.1, 0.15) is 16.9 Å².